The molecule has 0 aromatic heterocycles. The number of nitrogens with two attached hydrogens (primary N) is 1. The van der Waals surface area contributed by atoms with E-state index in [9.17, 15) is 14.4 Å². The van der Waals surface area contributed by atoms with E-state index in [2.05, 4.69) is 10.6 Å². The summed E-state index contributed by atoms with van der Waals surface area (Å²) in [5, 5.41) is 4.88. The molecule has 1 rings (SSSR count). The van der Waals surface area contributed by atoms with Crippen LogP contribution in [0.2, 0.25) is 0 Å². The van der Waals surface area contributed by atoms with Gasteiger partial charge < -0.3 is 15.8 Å². The third kappa shape index (κ3) is 7.32. The summed E-state index contributed by atoms with van der Waals surface area (Å²) in [5.74, 6) is -0.0343. The van der Waals surface area contributed by atoms with E-state index >= 15 is 0 Å². The lowest BCUT2D eigenvalue weighted by molar-refractivity contribution is -0.125. The zero-order valence-corrected chi connectivity index (χ0v) is 14.3. The first kappa shape index (κ1) is 19.2. The number of ether oxygens (including phenoxy) is 1. The molecule has 132 valence electrons. The highest BCUT2D eigenvalue weighted by Crippen LogP contribution is 2.18. The smallest absolute Gasteiger partial charge is 0.407 e. The van der Waals surface area contributed by atoms with Crippen LogP contribution in [0.15, 0.2) is 0 Å². The minimum atomic E-state index is -0.835. The van der Waals surface area contributed by atoms with Crippen molar-refractivity contribution in [3.8, 4) is 0 Å². The Kier molecular flexibility index (Phi) is 6.80. The molecule has 8 heteroatoms. The standard InChI is InChI=1S/C15H28N4O4/c1-10(12(20)18-13(16)21)19-7-5-11(6-8-19)9-17-14(22)23-15(2,3)4/h10-11H,5-9H2,1-4H3,(H,17,22)(H3,16,18,20,21)/t10-/m1/s1. The highest BCUT2D eigenvalue weighted by Gasteiger charge is 2.27. The van der Waals surface area contributed by atoms with E-state index in [1.807, 2.05) is 25.7 Å². The second-order valence-corrected chi connectivity index (χ2v) is 6.89. The van der Waals surface area contributed by atoms with Crippen molar-refractivity contribution in [2.75, 3.05) is 19.6 Å². The van der Waals surface area contributed by atoms with Gasteiger partial charge in [-0.3, -0.25) is 15.0 Å². The number of nitrogens with zero attached hydrogens (tertiary/aromatic N) is 1. The monoisotopic (exact) mass is 328 g/mol. The van der Waals surface area contributed by atoms with E-state index in [0.717, 1.165) is 25.9 Å². The van der Waals surface area contributed by atoms with E-state index in [-0.39, 0.29) is 5.91 Å². The molecule has 0 aliphatic carbocycles. The van der Waals surface area contributed by atoms with Gasteiger partial charge in [-0.1, -0.05) is 0 Å². The van der Waals surface area contributed by atoms with Crippen molar-refractivity contribution < 1.29 is 19.1 Å². The molecule has 0 bridgehead atoms. The third-order valence-electron chi connectivity index (χ3n) is 3.76. The Labute approximate surface area is 137 Å². The van der Waals surface area contributed by atoms with Gasteiger partial charge in [-0.05, 0) is 59.5 Å². The largest absolute Gasteiger partial charge is 0.444 e. The summed E-state index contributed by atoms with van der Waals surface area (Å²) in [4.78, 5) is 36.1. The summed E-state index contributed by atoms with van der Waals surface area (Å²) in [6.45, 7) is 9.24. The first-order valence-electron chi connectivity index (χ1n) is 7.89. The van der Waals surface area contributed by atoms with Gasteiger partial charge in [-0.2, -0.15) is 0 Å². The molecule has 0 unspecified atom stereocenters. The van der Waals surface area contributed by atoms with Crippen molar-refractivity contribution >= 4 is 18.0 Å². The quantitative estimate of drug-likeness (QED) is 0.706. The van der Waals surface area contributed by atoms with Gasteiger partial charge in [0.25, 0.3) is 0 Å². The fourth-order valence-corrected chi connectivity index (χ4v) is 2.48. The minimum Gasteiger partial charge on any atom is -0.444 e. The Bertz CT molecular complexity index is 439. The van der Waals surface area contributed by atoms with Crippen LogP contribution in [0.25, 0.3) is 0 Å². The highest BCUT2D eigenvalue weighted by atomic mass is 16.6. The Balaban J connectivity index is 2.31. The number of primary amides is 1. The van der Waals surface area contributed by atoms with E-state index in [1.54, 1.807) is 6.92 Å². The minimum absolute atomic E-state index is 0.352. The zero-order valence-electron chi connectivity index (χ0n) is 14.3. The van der Waals surface area contributed by atoms with Crippen LogP contribution in [0.5, 0.6) is 0 Å². The van der Waals surface area contributed by atoms with Crippen LogP contribution >= 0.6 is 0 Å². The van der Waals surface area contributed by atoms with Gasteiger partial charge in [-0.25, -0.2) is 9.59 Å². The number of likely N-dealkylation sites (tertiary alicyclic amines) is 1. The second-order valence-electron chi connectivity index (χ2n) is 6.89. The molecule has 1 aliphatic rings. The molecule has 4 amide bonds. The third-order valence-corrected chi connectivity index (χ3v) is 3.76. The Morgan fingerprint density at radius 3 is 2.30 bits per heavy atom. The molecule has 1 heterocycles. The molecule has 1 atom stereocenters. The molecule has 1 aliphatic heterocycles. The predicted octanol–water partition coefficient (Wildman–Crippen LogP) is 0.806. The molecule has 0 aromatic carbocycles. The molecule has 23 heavy (non-hydrogen) atoms. The number of amides is 4. The van der Waals surface area contributed by atoms with Gasteiger partial charge >= 0.3 is 12.1 Å². The lowest BCUT2D eigenvalue weighted by Gasteiger charge is -2.35. The average Bonchev–Trinajstić information content (AvgIpc) is 2.42. The van der Waals surface area contributed by atoms with Gasteiger partial charge in [0.1, 0.15) is 5.60 Å². The Morgan fingerprint density at radius 2 is 1.83 bits per heavy atom. The maximum atomic E-state index is 11.8. The van der Waals surface area contributed by atoms with Crippen LogP contribution < -0.4 is 16.4 Å². The normalized spacial score (nSPS) is 18.1. The zero-order chi connectivity index (χ0) is 17.6. The van der Waals surface area contributed by atoms with Crippen LogP contribution in [0.3, 0.4) is 0 Å². The van der Waals surface area contributed by atoms with Crippen LogP contribution in [0.1, 0.15) is 40.5 Å². The molecule has 4 N–H and O–H groups in total. The summed E-state index contributed by atoms with van der Waals surface area (Å²) in [6.07, 6.45) is 1.32. The van der Waals surface area contributed by atoms with Crippen molar-refractivity contribution in [3.05, 3.63) is 0 Å². The summed E-state index contributed by atoms with van der Waals surface area (Å²) in [7, 11) is 0. The fourth-order valence-electron chi connectivity index (χ4n) is 2.48. The highest BCUT2D eigenvalue weighted by molar-refractivity contribution is 5.96. The number of hydrogen-bond acceptors (Lipinski definition) is 5. The lowest BCUT2D eigenvalue weighted by Crippen LogP contribution is -2.51. The number of carbonyl (C=O) groups excluding carboxylic acids is 3. The van der Waals surface area contributed by atoms with Crippen LogP contribution in [0, 0.1) is 5.92 Å². The molecule has 0 radical (unpaired) electrons. The van der Waals surface area contributed by atoms with E-state index < -0.39 is 23.8 Å². The topological polar surface area (TPSA) is 114 Å². The maximum Gasteiger partial charge on any atom is 0.407 e. The summed E-state index contributed by atoms with van der Waals surface area (Å²) < 4.78 is 5.20. The summed E-state index contributed by atoms with van der Waals surface area (Å²) >= 11 is 0. The molecule has 1 fully saturated rings. The first-order valence-corrected chi connectivity index (χ1v) is 7.89. The molecule has 0 saturated carbocycles. The van der Waals surface area contributed by atoms with E-state index in [0.29, 0.717) is 12.5 Å². The van der Waals surface area contributed by atoms with Crippen molar-refractivity contribution in [2.24, 2.45) is 11.7 Å². The SMILES string of the molecule is C[C@H](C(=O)NC(N)=O)N1CCC(CNC(=O)OC(C)(C)C)CC1. The number of carbonyl (C=O) groups is 3. The average molecular weight is 328 g/mol. The van der Waals surface area contributed by atoms with Crippen molar-refractivity contribution in [2.45, 2.75) is 52.2 Å². The van der Waals surface area contributed by atoms with Crippen molar-refractivity contribution in [1.29, 1.82) is 0 Å². The number of rotatable bonds is 4. The van der Waals surface area contributed by atoms with Crippen LogP contribution in [0.4, 0.5) is 9.59 Å². The second kappa shape index (κ2) is 8.14. The van der Waals surface area contributed by atoms with Gasteiger partial charge in [-0.15, -0.1) is 0 Å². The molecule has 8 nitrogen and oxygen atoms in total. The Morgan fingerprint density at radius 1 is 1.26 bits per heavy atom. The summed E-state index contributed by atoms with van der Waals surface area (Å²) in [5.41, 5.74) is 4.45. The van der Waals surface area contributed by atoms with Gasteiger partial charge in [0.2, 0.25) is 5.91 Å². The van der Waals surface area contributed by atoms with Crippen LogP contribution in [-0.2, 0) is 9.53 Å². The maximum absolute atomic E-state index is 11.8. The molecule has 1 saturated heterocycles. The number of piperidine rings is 1. The Hall–Kier alpha value is -1.83. The van der Waals surface area contributed by atoms with Crippen molar-refractivity contribution in [1.82, 2.24) is 15.5 Å². The summed E-state index contributed by atoms with van der Waals surface area (Å²) in [6, 6.07) is -1.24. The first-order chi connectivity index (χ1) is 10.6. The number of nitrogens with one attached hydrogen (secondary N) is 2. The van der Waals surface area contributed by atoms with Crippen LogP contribution in [-0.4, -0.2) is 54.2 Å². The van der Waals surface area contributed by atoms with Crippen molar-refractivity contribution in [3.63, 3.8) is 0 Å². The number of hydrogen-bond donors (Lipinski definition) is 3. The molecule has 0 aromatic rings. The van der Waals surface area contributed by atoms with Gasteiger partial charge in [0, 0.05) is 6.54 Å². The molecular formula is C15H28N4O4. The van der Waals surface area contributed by atoms with Gasteiger partial charge in [0.15, 0.2) is 0 Å². The number of urea groups is 1. The fraction of sp³-hybridized carbons (Fsp3) is 0.800. The molecule has 0 spiro atoms. The lowest BCUT2D eigenvalue weighted by atomic mass is 9.96. The van der Waals surface area contributed by atoms with E-state index in [4.69, 9.17) is 10.5 Å². The number of imide groups is 1. The van der Waals surface area contributed by atoms with E-state index in [1.165, 1.54) is 0 Å². The molecular weight excluding hydrogens is 300 g/mol. The van der Waals surface area contributed by atoms with Gasteiger partial charge in [0.05, 0.1) is 6.04 Å². The predicted molar refractivity (Wildman–Crippen MR) is 85.7 cm³/mol. The number of alkyl carbamates (subject to hydrolysis) is 1.